The van der Waals surface area contributed by atoms with E-state index in [4.69, 9.17) is 4.74 Å². The Labute approximate surface area is 184 Å². The van der Waals surface area contributed by atoms with Crippen molar-refractivity contribution in [2.45, 2.75) is 39.2 Å². The number of fused-ring (bicyclic) bond motifs is 1. The van der Waals surface area contributed by atoms with Gasteiger partial charge in [0.25, 0.3) is 11.8 Å². The van der Waals surface area contributed by atoms with E-state index in [9.17, 15) is 9.59 Å². The van der Waals surface area contributed by atoms with Gasteiger partial charge < -0.3 is 9.64 Å². The molecule has 0 radical (unpaired) electrons. The van der Waals surface area contributed by atoms with E-state index in [2.05, 4.69) is 30.0 Å². The average Bonchev–Trinajstić information content (AvgIpc) is 3.06. The van der Waals surface area contributed by atoms with Crippen LogP contribution in [-0.4, -0.2) is 47.9 Å². The number of rotatable bonds is 9. The van der Waals surface area contributed by atoms with Crippen LogP contribution in [0.25, 0.3) is 5.57 Å². The number of ether oxygens (including phenoxy) is 1. The smallest absolute Gasteiger partial charge is 0.277 e. The van der Waals surface area contributed by atoms with Gasteiger partial charge in [0, 0.05) is 32.8 Å². The highest BCUT2D eigenvalue weighted by Gasteiger charge is 2.41. The SMILES string of the molecule is CCCCOCCCN1C(=O)C(c2ccccc2)=C(N2CCc3ccccc3C2)C1=O. The summed E-state index contributed by atoms with van der Waals surface area (Å²) in [5.41, 5.74) is 4.40. The van der Waals surface area contributed by atoms with Crippen molar-refractivity contribution >= 4 is 17.4 Å². The highest BCUT2D eigenvalue weighted by Crippen LogP contribution is 2.34. The molecule has 0 N–H and O–H groups in total. The molecule has 2 heterocycles. The van der Waals surface area contributed by atoms with E-state index in [1.54, 1.807) is 0 Å². The van der Waals surface area contributed by atoms with Crippen LogP contribution in [0.4, 0.5) is 0 Å². The zero-order chi connectivity index (χ0) is 21.6. The first-order valence-electron chi connectivity index (χ1n) is 11.3. The molecule has 0 aliphatic carbocycles. The van der Waals surface area contributed by atoms with Crippen LogP contribution in [0.5, 0.6) is 0 Å². The summed E-state index contributed by atoms with van der Waals surface area (Å²) >= 11 is 0. The molecular weight excluding hydrogens is 388 g/mol. The molecule has 0 unspecified atom stereocenters. The topological polar surface area (TPSA) is 49.9 Å². The van der Waals surface area contributed by atoms with E-state index >= 15 is 0 Å². The van der Waals surface area contributed by atoms with Gasteiger partial charge in [0.1, 0.15) is 5.70 Å². The highest BCUT2D eigenvalue weighted by atomic mass is 16.5. The molecule has 0 bridgehead atoms. The minimum Gasteiger partial charge on any atom is -0.381 e. The number of carbonyl (C=O) groups excluding carboxylic acids is 2. The van der Waals surface area contributed by atoms with E-state index in [0.717, 1.165) is 38.0 Å². The largest absolute Gasteiger partial charge is 0.381 e. The molecule has 2 aromatic carbocycles. The van der Waals surface area contributed by atoms with Crippen molar-refractivity contribution in [3.05, 3.63) is 77.0 Å². The third kappa shape index (κ3) is 4.57. The molecule has 5 heteroatoms. The van der Waals surface area contributed by atoms with E-state index in [1.807, 2.05) is 36.4 Å². The normalized spacial score (nSPS) is 16.3. The Morgan fingerprint density at radius 3 is 2.35 bits per heavy atom. The lowest BCUT2D eigenvalue weighted by Crippen LogP contribution is -2.38. The molecule has 2 aromatic rings. The number of unbranched alkanes of at least 4 members (excludes halogenated alkanes) is 1. The second kappa shape index (κ2) is 9.92. The predicted octanol–water partition coefficient (Wildman–Crippen LogP) is 4.03. The molecule has 0 spiro atoms. The van der Waals surface area contributed by atoms with Crippen LogP contribution >= 0.6 is 0 Å². The van der Waals surface area contributed by atoms with Gasteiger partial charge in [-0.3, -0.25) is 14.5 Å². The first-order chi connectivity index (χ1) is 15.2. The number of carbonyl (C=O) groups is 2. The zero-order valence-electron chi connectivity index (χ0n) is 18.2. The molecule has 0 saturated carbocycles. The maximum Gasteiger partial charge on any atom is 0.277 e. The van der Waals surface area contributed by atoms with E-state index in [1.165, 1.54) is 16.0 Å². The fourth-order valence-electron chi connectivity index (χ4n) is 4.28. The standard InChI is InChI=1S/C26H30N2O3/c1-2-3-17-31-18-9-15-28-25(29)23(21-11-5-4-6-12-21)24(26(28)30)27-16-14-20-10-7-8-13-22(20)19-27/h4-8,10-13H,2-3,9,14-19H2,1H3. The lowest BCUT2D eigenvalue weighted by Gasteiger charge is -2.31. The van der Waals surface area contributed by atoms with Crippen molar-refractivity contribution < 1.29 is 14.3 Å². The molecule has 2 aliphatic rings. The molecule has 2 aliphatic heterocycles. The summed E-state index contributed by atoms with van der Waals surface area (Å²) in [5, 5.41) is 0. The molecule has 4 rings (SSSR count). The Morgan fingerprint density at radius 2 is 1.58 bits per heavy atom. The molecule has 31 heavy (non-hydrogen) atoms. The number of hydrogen-bond acceptors (Lipinski definition) is 4. The summed E-state index contributed by atoms with van der Waals surface area (Å²) in [6.07, 6.45) is 3.64. The Kier molecular flexibility index (Phi) is 6.82. The fourth-order valence-corrected chi connectivity index (χ4v) is 4.28. The number of amides is 2. The van der Waals surface area contributed by atoms with Crippen molar-refractivity contribution in [2.24, 2.45) is 0 Å². The zero-order valence-corrected chi connectivity index (χ0v) is 18.2. The Balaban J connectivity index is 1.56. The van der Waals surface area contributed by atoms with Crippen LogP contribution in [0.2, 0.25) is 0 Å². The Bertz CT molecular complexity index is 968. The molecule has 0 atom stereocenters. The highest BCUT2D eigenvalue weighted by molar-refractivity contribution is 6.35. The summed E-state index contributed by atoms with van der Waals surface area (Å²) in [5.74, 6) is -0.379. The van der Waals surface area contributed by atoms with Crippen molar-refractivity contribution in [3.63, 3.8) is 0 Å². The van der Waals surface area contributed by atoms with Gasteiger partial charge in [0.15, 0.2) is 0 Å². The second-order valence-electron chi connectivity index (χ2n) is 8.11. The van der Waals surface area contributed by atoms with Crippen molar-refractivity contribution in [1.29, 1.82) is 0 Å². The van der Waals surface area contributed by atoms with Gasteiger partial charge in [-0.05, 0) is 36.0 Å². The number of benzene rings is 2. The van der Waals surface area contributed by atoms with Crippen LogP contribution in [0, 0.1) is 0 Å². The van der Waals surface area contributed by atoms with Crippen molar-refractivity contribution in [2.75, 3.05) is 26.3 Å². The van der Waals surface area contributed by atoms with Gasteiger partial charge >= 0.3 is 0 Å². The number of hydrogen-bond donors (Lipinski definition) is 0. The van der Waals surface area contributed by atoms with Gasteiger partial charge in [-0.15, -0.1) is 0 Å². The average molecular weight is 419 g/mol. The third-order valence-electron chi connectivity index (χ3n) is 5.97. The number of nitrogens with zero attached hydrogens (tertiary/aromatic N) is 2. The third-order valence-corrected chi connectivity index (χ3v) is 5.97. The van der Waals surface area contributed by atoms with E-state index in [-0.39, 0.29) is 11.8 Å². The van der Waals surface area contributed by atoms with Gasteiger partial charge in [-0.1, -0.05) is 67.9 Å². The second-order valence-corrected chi connectivity index (χ2v) is 8.11. The molecule has 0 aromatic heterocycles. The first kappa shape index (κ1) is 21.3. The maximum atomic E-state index is 13.4. The summed E-state index contributed by atoms with van der Waals surface area (Å²) < 4.78 is 5.62. The van der Waals surface area contributed by atoms with Crippen molar-refractivity contribution in [1.82, 2.24) is 9.80 Å². The summed E-state index contributed by atoms with van der Waals surface area (Å²) in [4.78, 5) is 30.3. The summed E-state index contributed by atoms with van der Waals surface area (Å²) in [6, 6.07) is 17.9. The predicted molar refractivity (Wildman–Crippen MR) is 121 cm³/mol. The number of imide groups is 1. The van der Waals surface area contributed by atoms with E-state index in [0.29, 0.717) is 37.4 Å². The van der Waals surface area contributed by atoms with Crippen LogP contribution in [0.1, 0.15) is 42.9 Å². The maximum absolute atomic E-state index is 13.4. The quantitative estimate of drug-likeness (QED) is 0.456. The van der Waals surface area contributed by atoms with Crippen molar-refractivity contribution in [3.8, 4) is 0 Å². The first-order valence-corrected chi connectivity index (χ1v) is 11.3. The lowest BCUT2D eigenvalue weighted by atomic mass is 9.98. The van der Waals surface area contributed by atoms with Gasteiger partial charge in [0.2, 0.25) is 0 Å². The molecule has 5 nitrogen and oxygen atoms in total. The molecule has 2 amide bonds. The van der Waals surface area contributed by atoms with Gasteiger partial charge in [0.05, 0.1) is 5.57 Å². The van der Waals surface area contributed by atoms with Crippen LogP contribution in [-0.2, 0) is 27.3 Å². The minimum absolute atomic E-state index is 0.184. The van der Waals surface area contributed by atoms with Gasteiger partial charge in [-0.2, -0.15) is 0 Å². The monoisotopic (exact) mass is 418 g/mol. The Hall–Kier alpha value is -2.92. The summed E-state index contributed by atoms with van der Waals surface area (Å²) in [7, 11) is 0. The fraction of sp³-hybridized carbons (Fsp3) is 0.385. The Morgan fingerprint density at radius 1 is 0.871 bits per heavy atom. The van der Waals surface area contributed by atoms with Crippen LogP contribution < -0.4 is 0 Å². The van der Waals surface area contributed by atoms with Crippen LogP contribution in [0.3, 0.4) is 0 Å². The molecular formula is C26H30N2O3. The summed E-state index contributed by atoms with van der Waals surface area (Å²) in [6.45, 7) is 5.18. The minimum atomic E-state index is -0.196. The molecule has 0 fully saturated rings. The molecule has 162 valence electrons. The van der Waals surface area contributed by atoms with Gasteiger partial charge in [-0.25, -0.2) is 0 Å². The van der Waals surface area contributed by atoms with E-state index < -0.39 is 0 Å². The lowest BCUT2D eigenvalue weighted by molar-refractivity contribution is -0.137. The van der Waals surface area contributed by atoms with Crippen LogP contribution in [0.15, 0.2) is 60.3 Å². The molecule has 0 saturated heterocycles.